The Kier molecular flexibility index (Phi) is 7.08. The molecule has 28 heavy (non-hydrogen) atoms. The summed E-state index contributed by atoms with van der Waals surface area (Å²) in [6.45, 7) is 4.75. The number of carbonyl (C=O) groups is 1. The topological polar surface area (TPSA) is 61.6 Å². The molecule has 3 rings (SSSR count). The van der Waals surface area contributed by atoms with Crippen LogP contribution in [0, 0.1) is 10.5 Å². The first kappa shape index (κ1) is 20.4. The maximum atomic E-state index is 12.0. The summed E-state index contributed by atoms with van der Waals surface area (Å²) in [5, 5.41) is 4.01. The Morgan fingerprint density at radius 3 is 2.61 bits per heavy atom. The van der Waals surface area contributed by atoms with Crippen molar-refractivity contribution in [1.82, 2.24) is 5.16 Å². The molecular weight excluding hydrogens is 469 g/mol. The zero-order chi connectivity index (χ0) is 19.9. The van der Waals surface area contributed by atoms with Crippen molar-refractivity contribution >= 4 is 28.6 Å². The summed E-state index contributed by atoms with van der Waals surface area (Å²) in [5.74, 6) is 0.296. The Morgan fingerprint density at radius 1 is 1.18 bits per heavy atom. The molecule has 0 fully saturated rings. The highest BCUT2D eigenvalue weighted by molar-refractivity contribution is 14.1. The molecule has 0 N–H and O–H groups in total. The van der Waals surface area contributed by atoms with E-state index in [-0.39, 0.29) is 18.3 Å². The normalized spacial score (nSPS) is 11.8. The SMILES string of the molecule is CCOC(=O)C[C@@H](c1ccc(OCc2ccc(C)c(I)c2)cc1)c1ccon1. The molecular formula is C22H22INO4. The summed E-state index contributed by atoms with van der Waals surface area (Å²) in [6, 6.07) is 15.8. The molecule has 0 unspecified atom stereocenters. The number of hydrogen-bond donors (Lipinski definition) is 0. The molecule has 6 heteroatoms. The van der Waals surface area contributed by atoms with E-state index in [2.05, 4.69) is 52.9 Å². The van der Waals surface area contributed by atoms with E-state index >= 15 is 0 Å². The van der Waals surface area contributed by atoms with Gasteiger partial charge in [0.25, 0.3) is 0 Å². The van der Waals surface area contributed by atoms with Crippen molar-refractivity contribution in [2.75, 3.05) is 6.61 Å². The minimum absolute atomic E-state index is 0.211. The molecule has 0 aliphatic carbocycles. The summed E-state index contributed by atoms with van der Waals surface area (Å²) in [7, 11) is 0. The van der Waals surface area contributed by atoms with Gasteiger partial charge in [-0.25, -0.2) is 0 Å². The number of halogens is 1. The van der Waals surface area contributed by atoms with Crippen molar-refractivity contribution in [2.45, 2.75) is 32.8 Å². The third-order valence-corrected chi connectivity index (χ3v) is 5.58. The molecule has 0 spiro atoms. The van der Waals surface area contributed by atoms with Gasteiger partial charge in [-0.2, -0.15) is 0 Å². The molecule has 0 aliphatic rings. The molecule has 0 aliphatic heterocycles. The average molecular weight is 491 g/mol. The van der Waals surface area contributed by atoms with E-state index in [1.54, 1.807) is 13.0 Å². The van der Waals surface area contributed by atoms with Crippen LogP contribution in [-0.4, -0.2) is 17.7 Å². The summed E-state index contributed by atoms with van der Waals surface area (Å²) in [6.07, 6.45) is 1.72. The first-order chi connectivity index (χ1) is 13.6. The van der Waals surface area contributed by atoms with Gasteiger partial charge >= 0.3 is 5.97 Å². The fourth-order valence-electron chi connectivity index (χ4n) is 2.87. The summed E-state index contributed by atoms with van der Waals surface area (Å²) >= 11 is 2.33. The number of aryl methyl sites for hydroxylation is 1. The lowest BCUT2D eigenvalue weighted by molar-refractivity contribution is -0.143. The largest absolute Gasteiger partial charge is 0.489 e. The van der Waals surface area contributed by atoms with Crippen molar-refractivity contribution in [1.29, 1.82) is 0 Å². The molecule has 2 aromatic carbocycles. The lowest BCUT2D eigenvalue weighted by Crippen LogP contribution is -2.12. The van der Waals surface area contributed by atoms with E-state index in [4.69, 9.17) is 14.0 Å². The van der Waals surface area contributed by atoms with Gasteiger partial charge in [0.2, 0.25) is 0 Å². The van der Waals surface area contributed by atoms with E-state index in [1.807, 2.05) is 24.3 Å². The van der Waals surface area contributed by atoms with Crippen LogP contribution in [0.15, 0.2) is 59.3 Å². The molecule has 0 saturated carbocycles. The zero-order valence-electron chi connectivity index (χ0n) is 15.9. The van der Waals surface area contributed by atoms with Gasteiger partial charge in [-0.3, -0.25) is 4.79 Å². The van der Waals surface area contributed by atoms with Gasteiger partial charge in [0.05, 0.1) is 18.7 Å². The quantitative estimate of drug-likeness (QED) is 0.318. The molecule has 1 atom stereocenters. The molecule has 146 valence electrons. The Hall–Kier alpha value is -2.35. The van der Waals surface area contributed by atoms with Crippen LogP contribution in [0.3, 0.4) is 0 Å². The minimum Gasteiger partial charge on any atom is -0.489 e. The molecule has 1 aromatic heterocycles. The highest BCUT2D eigenvalue weighted by Gasteiger charge is 2.21. The predicted octanol–water partition coefficient (Wildman–Crippen LogP) is 5.25. The van der Waals surface area contributed by atoms with Crippen LogP contribution in [0.1, 0.15) is 41.6 Å². The highest BCUT2D eigenvalue weighted by Crippen LogP contribution is 2.29. The van der Waals surface area contributed by atoms with E-state index in [0.29, 0.717) is 18.9 Å². The standard InChI is InChI=1S/C22H22INO4/c1-3-26-22(25)13-19(21-10-11-28-24-21)17-6-8-18(9-7-17)27-14-16-5-4-15(2)20(23)12-16/h4-12,19H,3,13-14H2,1-2H3/t19-/m0/s1. The van der Waals surface area contributed by atoms with Gasteiger partial charge in [-0.05, 0) is 71.3 Å². The second-order valence-corrected chi connectivity index (χ2v) is 7.59. The van der Waals surface area contributed by atoms with Crippen molar-refractivity contribution < 1.29 is 18.8 Å². The average Bonchev–Trinajstić information content (AvgIpc) is 3.22. The van der Waals surface area contributed by atoms with Crippen molar-refractivity contribution in [2.24, 2.45) is 0 Å². The molecule has 0 amide bonds. The highest BCUT2D eigenvalue weighted by atomic mass is 127. The van der Waals surface area contributed by atoms with Crippen LogP contribution in [0.4, 0.5) is 0 Å². The van der Waals surface area contributed by atoms with Crippen LogP contribution < -0.4 is 4.74 Å². The van der Waals surface area contributed by atoms with Gasteiger partial charge in [0.15, 0.2) is 0 Å². The number of rotatable bonds is 8. The number of nitrogens with zero attached hydrogens (tertiary/aromatic N) is 1. The van der Waals surface area contributed by atoms with E-state index in [0.717, 1.165) is 16.9 Å². The number of benzene rings is 2. The first-order valence-electron chi connectivity index (χ1n) is 9.10. The lowest BCUT2D eigenvalue weighted by atomic mass is 9.92. The fourth-order valence-corrected chi connectivity index (χ4v) is 3.45. The number of hydrogen-bond acceptors (Lipinski definition) is 5. The van der Waals surface area contributed by atoms with Crippen molar-refractivity contribution in [3.63, 3.8) is 0 Å². The Labute approximate surface area is 178 Å². The zero-order valence-corrected chi connectivity index (χ0v) is 18.0. The van der Waals surface area contributed by atoms with Crippen LogP contribution in [0.25, 0.3) is 0 Å². The lowest BCUT2D eigenvalue weighted by Gasteiger charge is -2.15. The summed E-state index contributed by atoms with van der Waals surface area (Å²) in [5.41, 5.74) is 4.05. The molecule has 3 aromatic rings. The number of aromatic nitrogens is 1. The predicted molar refractivity (Wildman–Crippen MR) is 114 cm³/mol. The maximum absolute atomic E-state index is 12.0. The van der Waals surface area contributed by atoms with Gasteiger partial charge in [-0.15, -0.1) is 0 Å². The van der Waals surface area contributed by atoms with Crippen molar-refractivity contribution in [3.05, 3.63) is 80.7 Å². The molecule has 5 nitrogen and oxygen atoms in total. The van der Waals surface area contributed by atoms with Gasteiger partial charge in [-0.1, -0.05) is 29.4 Å². The van der Waals surface area contributed by atoms with Crippen LogP contribution in [-0.2, 0) is 16.1 Å². The van der Waals surface area contributed by atoms with Crippen LogP contribution in [0.5, 0.6) is 5.75 Å². The van der Waals surface area contributed by atoms with Gasteiger partial charge in [0, 0.05) is 15.6 Å². The number of carbonyl (C=O) groups excluding carboxylic acids is 1. The monoisotopic (exact) mass is 491 g/mol. The van der Waals surface area contributed by atoms with E-state index < -0.39 is 0 Å². The first-order valence-corrected chi connectivity index (χ1v) is 10.2. The fraction of sp³-hybridized carbons (Fsp3) is 0.273. The molecule has 0 saturated heterocycles. The van der Waals surface area contributed by atoms with Crippen molar-refractivity contribution in [3.8, 4) is 5.75 Å². The van der Waals surface area contributed by atoms with Crippen LogP contribution in [0.2, 0.25) is 0 Å². The summed E-state index contributed by atoms with van der Waals surface area (Å²) < 4.78 is 17.2. The van der Waals surface area contributed by atoms with Crippen LogP contribution >= 0.6 is 22.6 Å². The third kappa shape index (κ3) is 5.34. The molecule has 0 radical (unpaired) electrons. The van der Waals surface area contributed by atoms with E-state index in [1.165, 1.54) is 15.4 Å². The molecule has 1 heterocycles. The number of ether oxygens (including phenoxy) is 2. The second-order valence-electron chi connectivity index (χ2n) is 6.43. The number of esters is 1. The summed E-state index contributed by atoms with van der Waals surface area (Å²) in [4.78, 5) is 12.0. The minimum atomic E-state index is -0.259. The second kappa shape index (κ2) is 9.73. The third-order valence-electron chi connectivity index (χ3n) is 4.42. The Bertz CT molecular complexity index is 907. The maximum Gasteiger partial charge on any atom is 0.306 e. The smallest absolute Gasteiger partial charge is 0.306 e. The molecule has 0 bridgehead atoms. The van der Waals surface area contributed by atoms with Gasteiger partial charge in [0.1, 0.15) is 18.6 Å². The Morgan fingerprint density at radius 2 is 1.96 bits per heavy atom. The van der Waals surface area contributed by atoms with E-state index in [9.17, 15) is 4.79 Å². The Balaban J connectivity index is 1.69. The van der Waals surface area contributed by atoms with Gasteiger partial charge < -0.3 is 14.0 Å².